The maximum atomic E-state index is 12.0. The van der Waals surface area contributed by atoms with Crippen LogP contribution in [0.15, 0.2) is 0 Å². The van der Waals surface area contributed by atoms with E-state index in [0.29, 0.717) is 25.9 Å². The predicted molar refractivity (Wildman–Crippen MR) is 49.6 cm³/mol. The van der Waals surface area contributed by atoms with Gasteiger partial charge in [-0.2, -0.15) is 0 Å². The largest absolute Gasteiger partial charge is 0.462 e. The van der Waals surface area contributed by atoms with Gasteiger partial charge in [0.2, 0.25) is 0 Å². The van der Waals surface area contributed by atoms with Crippen molar-refractivity contribution in [2.24, 2.45) is 5.41 Å². The van der Waals surface area contributed by atoms with Crippen molar-refractivity contribution in [3.8, 4) is 0 Å². The molecule has 0 radical (unpaired) electrons. The molecule has 5 heteroatoms. The number of hydrogen-bond donors (Lipinski definition) is 0. The minimum Gasteiger partial charge on any atom is -0.462 e. The van der Waals surface area contributed by atoms with Crippen molar-refractivity contribution < 1.29 is 23.8 Å². The molecule has 4 atom stereocenters. The molecule has 4 rings (SSSR count). The number of carbonyl (C=O) groups is 2. The van der Waals surface area contributed by atoms with Crippen LogP contribution in [0.25, 0.3) is 0 Å². The summed E-state index contributed by atoms with van der Waals surface area (Å²) in [7, 11) is 0. The minimum atomic E-state index is -0.666. The van der Waals surface area contributed by atoms with Crippen LogP contribution in [-0.4, -0.2) is 42.8 Å². The first kappa shape index (κ1) is 9.13. The van der Waals surface area contributed by atoms with Gasteiger partial charge in [0.1, 0.15) is 23.7 Å². The highest BCUT2D eigenvalue weighted by Crippen LogP contribution is 2.61. The van der Waals surface area contributed by atoms with Crippen LogP contribution in [-0.2, 0) is 23.8 Å². The molecule has 4 aliphatic heterocycles. The van der Waals surface area contributed by atoms with Gasteiger partial charge in [0.05, 0.1) is 6.10 Å². The van der Waals surface area contributed by atoms with Crippen LogP contribution in [0.4, 0.5) is 0 Å². The van der Waals surface area contributed by atoms with E-state index >= 15 is 0 Å². The van der Waals surface area contributed by atoms with E-state index < -0.39 is 17.1 Å². The van der Waals surface area contributed by atoms with Crippen LogP contribution >= 0.6 is 0 Å². The molecule has 0 aliphatic carbocycles. The lowest BCUT2D eigenvalue weighted by Crippen LogP contribution is -2.61. The molecule has 0 N–H and O–H groups in total. The van der Waals surface area contributed by atoms with Gasteiger partial charge >= 0.3 is 5.97 Å². The summed E-state index contributed by atoms with van der Waals surface area (Å²) in [4.78, 5) is 23.7. The molecule has 4 saturated heterocycles. The number of esters is 1. The summed E-state index contributed by atoms with van der Waals surface area (Å²) < 4.78 is 16.6. The van der Waals surface area contributed by atoms with Gasteiger partial charge in [0, 0.05) is 13.0 Å². The molecule has 16 heavy (non-hydrogen) atoms. The third kappa shape index (κ3) is 0.729. The van der Waals surface area contributed by atoms with Gasteiger partial charge < -0.3 is 14.2 Å². The van der Waals surface area contributed by atoms with Crippen LogP contribution in [0.3, 0.4) is 0 Å². The molecule has 1 spiro atoms. The molecule has 4 fully saturated rings. The lowest BCUT2D eigenvalue weighted by atomic mass is 9.67. The Bertz CT molecular complexity index is 405. The molecule has 4 heterocycles. The zero-order valence-electron chi connectivity index (χ0n) is 8.73. The fourth-order valence-electron chi connectivity index (χ4n) is 3.76. The summed E-state index contributed by atoms with van der Waals surface area (Å²) in [6.45, 7) is 0.769. The molecule has 0 amide bonds. The lowest BCUT2D eigenvalue weighted by molar-refractivity contribution is -0.213. The number of ether oxygens (including phenoxy) is 3. The lowest BCUT2D eigenvalue weighted by Gasteiger charge is -2.45. The van der Waals surface area contributed by atoms with E-state index in [0.717, 1.165) is 0 Å². The van der Waals surface area contributed by atoms with Gasteiger partial charge in [-0.1, -0.05) is 0 Å². The van der Waals surface area contributed by atoms with Crippen molar-refractivity contribution >= 4 is 11.8 Å². The number of ketones is 1. The van der Waals surface area contributed by atoms with Crippen molar-refractivity contribution in [2.75, 3.05) is 13.2 Å². The van der Waals surface area contributed by atoms with Crippen molar-refractivity contribution in [3.05, 3.63) is 0 Å². The number of cyclic esters (lactones) is 1. The smallest absolute Gasteiger partial charge is 0.315 e. The van der Waals surface area contributed by atoms with Gasteiger partial charge in [0.25, 0.3) is 0 Å². The Morgan fingerprint density at radius 1 is 1.31 bits per heavy atom. The standard InChI is InChI=1S/C11H12O5/c12-6-3-8-11-5-15-9(13)10(11,1-2-14-8)4-7(6)16-11/h7-8H,1-5H2/t7-,8+,10-,11-/m1/s1. The minimum absolute atomic E-state index is 0.0686. The summed E-state index contributed by atoms with van der Waals surface area (Å²) >= 11 is 0. The van der Waals surface area contributed by atoms with Gasteiger partial charge in [-0.05, 0) is 12.8 Å². The maximum Gasteiger partial charge on any atom is 0.315 e. The Balaban J connectivity index is 1.92. The molecule has 0 saturated carbocycles. The zero-order valence-corrected chi connectivity index (χ0v) is 8.73. The Labute approximate surface area is 92.0 Å². The maximum absolute atomic E-state index is 12.0. The number of hydrogen-bond acceptors (Lipinski definition) is 5. The van der Waals surface area contributed by atoms with Gasteiger partial charge in [-0.15, -0.1) is 0 Å². The first-order valence-corrected chi connectivity index (χ1v) is 5.67. The van der Waals surface area contributed by atoms with Crippen LogP contribution < -0.4 is 0 Å². The van der Waals surface area contributed by atoms with Crippen LogP contribution in [0, 0.1) is 5.41 Å². The molecule has 0 aromatic rings. The molecule has 0 unspecified atom stereocenters. The van der Waals surface area contributed by atoms with Crippen LogP contribution in [0.5, 0.6) is 0 Å². The topological polar surface area (TPSA) is 61.8 Å². The fraction of sp³-hybridized carbons (Fsp3) is 0.818. The van der Waals surface area contributed by atoms with Gasteiger partial charge in [-0.3, -0.25) is 9.59 Å². The van der Waals surface area contributed by atoms with E-state index in [9.17, 15) is 9.59 Å². The molecule has 0 aromatic heterocycles. The SMILES string of the molecule is O=C1C[C@@H]2OCC[C@]34C[C@H]1O[C@]23COC4=O. The summed E-state index contributed by atoms with van der Waals surface area (Å²) in [6, 6.07) is 0. The van der Waals surface area contributed by atoms with Crippen molar-refractivity contribution in [2.45, 2.75) is 37.1 Å². The number of carbonyl (C=O) groups excluding carboxylic acids is 2. The molecule has 0 aromatic carbocycles. The third-order valence-corrected chi connectivity index (χ3v) is 4.62. The number of Topliss-reactive ketones (excluding diaryl/α,β-unsaturated/α-hetero) is 1. The summed E-state index contributed by atoms with van der Waals surface area (Å²) in [5.74, 6) is -0.128. The zero-order chi connectivity index (χ0) is 11.0. The van der Waals surface area contributed by atoms with Crippen LogP contribution in [0.1, 0.15) is 19.3 Å². The summed E-state index contributed by atoms with van der Waals surface area (Å²) in [5, 5.41) is 0. The van der Waals surface area contributed by atoms with Crippen molar-refractivity contribution in [3.63, 3.8) is 0 Å². The predicted octanol–water partition coefficient (Wildman–Crippen LogP) is -0.181. The second kappa shape index (κ2) is 2.49. The fourth-order valence-corrected chi connectivity index (χ4v) is 3.76. The molecular formula is C11H12O5. The Kier molecular flexibility index (Phi) is 1.42. The molecule has 5 nitrogen and oxygen atoms in total. The van der Waals surface area contributed by atoms with E-state index in [1.165, 1.54) is 0 Å². The molecule has 2 bridgehead atoms. The van der Waals surface area contributed by atoms with E-state index in [4.69, 9.17) is 14.2 Å². The van der Waals surface area contributed by atoms with Crippen molar-refractivity contribution in [1.29, 1.82) is 0 Å². The second-order valence-electron chi connectivity index (χ2n) is 5.14. The summed E-state index contributed by atoms with van der Waals surface area (Å²) in [6.07, 6.45) is 0.768. The van der Waals surface area contributed by atoms with Crippen LogP contribution in [0.2, 0.25) is 0 Å². The molecular weight excluding hydrogens is 212 g/mol. The Hall–Kier alpha value is -0.940. The van der Waals surface area contributed by atoms with E-state index in [1.807, 2.05) is 0 Å². The monoisotopic (exact) mass is 224 g/mol. The average Bonchev–Trinajstić information content (AvgIpc) is 2.74. The van der Waals surface area contributed by atoms with E-state index in [2.05, 4.69) is 0 Å². The molecule has 86 valence electrons. The van der Waals surface area contributed by atoms with Crippen molar-refractivity contribution in [1.82, 2.24) is 0 Å². The highest BCUT2D eigenvalue weighted by Gasteiger charge is 2.76. The Morgan fingerprint density at radius 3 is 3.06 bits per heavy atom. The first-order chi connectivity index (χ1) is 7.68. The Morgan fingerprint density at radius 2 is 2.19 bits per heavy atom. The summed E-state index contributed by atoms with van der Waals surface area (Å²) in [5.41, 5.74) is -1.27. The van der Waals surface area contributed by atoms with Gasteiger partial charge in [0.15, 0.2) is 5.78 Å². The quantitative estimate of drug-likeness (QED) is 0.534. The number of fused-ring (bicyclic) bond motifs is 1. The highest BCUT2D eigenvalue weighted by atomic mass is 16.6. The number of rotatable bonds is 0. The first-order valence-electron chi connectivity index (χ1n) is 5.67. The third-order valence-electron chi connectivity index (χ3n) is 4.62. The van der Waals surface area contributed by atoms with E-state index in [-0.39, 0.29) is 24.5 Å². The second-order valence-corrected chi connectivity index (χ2v) is 5.14. The molecule has 4 aliphatic rings. The van der Waals surface area contributed by atoms with E-state index in [1.54, 1.807) is 0 Å². The highest BCUT2D eigenvalue weighted by molar-refractivity contribution is 5.91. The van der Waals surface area contributed by atoms with Gasteiger partial charge in [-0.25, -0.2) is 0 Å². The normalized spacial score (nSPS) is 53.8. The average molecular weight is 224 g/mol.